The van der Waals surface area contributed by atoms with E-state index in [1.807, 2.05) is 24.3 Å². The van der Waals surface area contributed by atoms with Crippen molar-refractivity contribution in [3.63, 3.8) is 0 Å². The van der Waals surface area contributed by atoms with E-state index in [1.54, 1.807) is 19.2 Å². The van der Waals surface area contributed by atoms with Gasteiger partial charge in [-0.3, -0.25) is 10.1 Å². The van der Waals surface area contributed by atoms with Crippen molar-refractivity contribution in [2.45, 2.75) is 6.92 Å². The van der Waals surface area contributed by atoms with Crippen LogP contribution < -0.4 is 10.2 Å². The first-order chi connectivity index (χ1) is 17.4. The summed E-state index contributed by atoms with van der Waals surface area (Å²) in [5.74, 6) is -0.483. The topological polar surface area (TPSA) is 120 Å². The maximum atomic E-state index is 13.7. The highest BCUT2D eigenvalue weighted by atomic mass is 19.1. The van der Waals surface area contributed by atoms with Gasteiger partial charge in [0.25, 0.3) is 0 Å². The number of carbonyl (C=O) groups excluding carboxylic acids is 1. The first-order valence-electron chi connectivity index (χ1n) is 11.3. The van der Waals surface area contributed by atoms with Gasteiger partial charge in [0, 0.05) is 42.7 Å². The second kappa shape index (κ2) is 11.4. The van der Waals surface area contributed by atoms with Crippen LogP contribution in [-0.2, 0) is 14.3 Å². The third-order valence-electron chi connectivity index (χ3n) is 5.37. The fourth-order valence-corrected chi connectivity index (χ4v) is 3.68. The van der Waals surface area contributed by atoms with Crippen molar-refractivity contribution >= 4 is 35.2 Å². The van der Waals surface area contributed by atoms with Gasteiger partial charge in [0.05, 0.1) is 24.7 Å². The first kappa shape index (κ1) is 24.7. The molecule has 186 valence electrons. The van der Waals surface area contributed by atoms with Crippen molar-refractivity contribution < 1.29 is 23.6 Å². The van der Waals surface area contributed by atoms with E-state index >= 15 is 0 Å². The Kier molecular flexibility index (Phi) is 7.81. The third-order valence-corrected chi connectivity index (χ3v) is 5.37. The number of morpholine rings is 1. The van der Waals surface area contributed by atoms with Crippen LogP contribution in [-0.4, -0.2) is 53.8 Å². The van der Waals surface area contributed by atoms with Crippen LogP contribution in [0.25, 0.3) is 17.2 Å². The summed E-state index contributed by atoms with van der Waals surface area (Å²) in [6.07, 6.45) is 4.71. The minimum atomic E-state index is -0.923. The number of nitrogens with one attached hydrogen (secondary N) is 1. The van der Waals surface area contributed by atoms with Crippen LogP contribution in [0.3, 0.4) is 0 Å². The summed E-state index contributed by atoms with van der Waals surface area (Å²) in [6, 6.07) is 11.1. The van der Waals surface area contributed by atoms with E-state index in [4.69, 9.17) is 9.47 Å². The van der Waals surface area contributed by atoms with Gasteiger partial charge in [-0.15, -0.1) is 0 Å². The van der Waals surface area contributed by atoms with E-state index in [0.29, 0.717) is 38.7 Å². The summed E-state index contributed by atoms with van der Waals surface area (Å²) < 4.78 is 24.1. The van der Waals surface area contributed by atoms with Gasteiger partial charge >= 0.3 is 11.7 Å². The van der Waals surface area contributed by atoms with Crippen LogP contribution in [0.15, 0.2) is 54.7 Å². The van der Waals surface area contributed by atoms with Crippen molar-refractivity contribution in [2.24, 2.45) is 0 Å². The molecule has 0 atom stereocenters. The molecular weight excluding hydrogens is 469 g/mol. The molecular formula is C25H24FN5O5. The van der Waals surface area contributed by atoms with Gasteiger partial charge in [-0.25, -0.2) is 9.78 Å². The molecule has 3 aromatic rings. The summed E-state index contributed by atoms with van der Waals surface area (Å²) in [7, 11) is 0. The molecule has 2 heterocycles. The highest BCUT2D eigenvalue weighted by molar-refractivity contribution is 5.87. The standard InChI is InChI=1S/C25H24FN5O5/c1-2-36-23(32)9-6-17-4-3-5-18(14-17)20-16-27-25(29-24(20)30-10-12-35-13-11-30)28-19-7-8-21(26)22(15-19)31(33)34/h3-9,14-16H,2,10-13H2,1H3,(H,27,28,29)/b9-6+. The summed E-state index contributed by atoms with van der Waals surface area (Å²) in [5.41, 5.74) is 2.05. The van der Waals surface area contributed by atoms with Crippen LogP contribution in [0, 0.1) is 15.9 Å². The molecule has 0 amide bonds. The Morgan fingerprint density at radius 1 is 1.28 bits per heavy atom. The molecule has 1 saturated heterocycles. The molecule has 2 aromatic carbocycles. The molecule has 10 nitrogen and oxygen atoms in total. The number of nitro benzene ring substituents is 1. The lowest BCUT2D eigenvalue weighted by atomic mass is 10.0. The van der Waals surface area contributed by atoms with E-state index in [0.717, 1.165) is 28.8 Å². The number of hydrogen-bond donors (Lipinski definition) is 1. The summed E-state index contributed by atoms with van der Waals surface area (Å²) in [5, 5.41) is 14.0. The Labute approximate surface area is 206 Å². The van der Waals surface area contributed by atoms with E-state index in [1.165, 1.54) is 12.1 Å². The van der Waals surface area contributed by atoms with E-state index in [9.17, 15) is 19.3 Å². The molecule has 0 radical (unpaired) electrons. The fourth-order valence-electron chi connectivity index (χ4n) is 3.68. The molecule has 0 bridgehead atoms. The molecule has 11 heteroatoms. The van der Waals surface area contributed by atoms with Gasteiger partial charge in [0.15, 0.2) is 0 Å². The number of ether oxygens (including phenoxy) is 2. The van der Waals surface area contributed by atoms with Crippen molar-refractivity contribution in [3.05, 3.63) is 76.2 Å². The molecule has 4 rings (SSSR count). The largest absolute Gasteiger partial charge is 0.463 e. The average molecular weight is 493 g/mol. The number of benzene rings is 2. The van der Waals surface area contributed by atoms with Gasteiger partial charge in [-0.05, 0) is 42.3 Å². The number of rotatable bonds is 8. The molecule has 1 aromatic heterocycles. The minimum absolute atomic E-state index is 0.208. The van der Waals surface area contributed by atoms with Crippen molar-refractivity contribution in [1.29, 1.82) is 0 Å². The number of aromatic nitrogens is 2. The molecule has 0 unspecified atom stereocenters. The van der Waals surface area contributed by atoms with E-state index < -0.39 is 22.4 Å². The normalized spacial score (nSPS) is 13.6. The summed E-state index contributed by atoms with van der Waals surface area (Å²) in [6.45, 7) is 4.36. The van der Waals surface area contributed by atoms with Crippen LogP contribution in [0.4, 0.5) is 27.5 Å². The zero-order valence-electron chi connectivity index (χ0n) is 19.5. The van der Waals surface area contributed by atoms with Crippen LogP contribution in [0.5, 0.6) is 0 Å². The zero-order chi connectivity index (χ0) is 25.5. The maximum absolute atomic E-state index is 13.7. The van der Waals surface area contributed by atoms with Gasteiger partial charge in [-0.1, -0.05) is 18.2 Å². The number of nitro groups is 1. The molecule has 0 aliphatic carbocycles. The van der Waals surface area contributed by atoms with Crippen LogP contribution in [0.1, 0.15) is 12.5 Å². The molecule has 0 spiro atoms. The highest BCUT2D eigenvalue weighted by Crippen LogP contribution is 2.32. The Balaban J connectivity index is 1.68. The third kappa shape index (κ3) is 5.99. The van der Waals surface area contributed by atoms with Crippen LogP contribution >= 0.6 is 0 Å². The highest BCUT2D eigenvalue weighted by Gasteiger charge is 2.20. The smallest absolute Gasteiger partial charge is 0.330 e. The monoisotopic (exact) mass is 493 g/mol. The van der Waals surface area contributed by atoms with Crippen molar-refractivity contribution in [1.82, 2.24) is 9.97 Å². The Bertz CT molecular complexity index is 1290. The number of nitrogens with zero attached hydrogens (tertiary/aromatic N) is 4. The maximum Gasteiger partial charge on any atom is 0.330 e. The number of esters is 1. The number of halogens is 1. The molecule has 1 N–H and O–H groups in total. The molecule has 1 aliphatic rings. The Hall–Kier alpha value is -4.38. The van der Waals surface area contributed by atoms with E-state index in [2.05, 4.69) is 20.2 Å². The Morgan fingerprint density at radius 3 is 2.83 bits per heavy atom. The van der Waals surface area contributed by atoms with Gasteiger partial charge in [-0.2, -0.15) is 9.37 Å². The SMILES string of the molecule is CCOC(=O)/C=C/c1cccc(-c2cnc(Nc3ccc(F)c([N+](=O)[O-])c3)nc2N2CCOCC2)c1. The molecule has 0 saturated carbocycles. The molecule has 36 heavy (non-hydrogen) atoms. The van der Waals surface area contributed by atoms with Crippen LogP contribution in [0.2, 0.25) is 0 Å². The van der Waals surface area contributed by atoms with Gasteiger partial charge < -0.3 is 19.7 Å². The van der Waals surface area contributed by atoms with Gasteiger partial charge in [0.1, 0.15) is 5.82 Å². The molecule has 1 aliphatic heterocycles. The lowest BCUT2D eigenvalue weighted by Gasteiger charge is -2.29. The van der Waals surface area contributed by atoms with Crippen molar-refractivity contribution in [2.75, 3.05) is 43.1 Å². The van der Waals surface area contributed by atoms with Gasteiger partial charge in [0.2, 0.25) is 11.8 Å². The zero-order valence-corrected chi connectivity index (χ0v) is 19.5. The second-order valence-corrected chi connectivity index (χ2v) is 7.79. The molecule has 1 fully saturated rings. The predicted molar refractivity (Wildman–Crippen MR) is 133 cm³/mol. The first-order valence-corrected chi connectivity index (χ1v) is 11.3. The minimum Gasteiger partial charge on any atom is -0.463 e. The van der Waals surface area contributed by atoms with Crippen molar-refractivity contribution in [3.8, 4) is 11.1 Å². The number of carbonyl (C=O) groups is 1. The second-order valence-electron chi connectivity index (χ2n) is 7.79. The Morgan fingerprint density at radius 2 is 2.08 bits per heavy atom. The summed E-state index contributed by atoms with van der Waals surface area (Å²) >= 11 is 0. The lowest BCUT2D eigenvalue weighted by Crippen LogP contribution is -2.37. The van der Waals surface area contributed by atoms with E-state index in [-0.39, 0.29) is 11.6 Å². The average Bonchev–Trinajstić information content (AvgIpc) is 2.89. The summed E-state index contributed by atoms with van der Waals surface area (Å²) in [4.78, 5) is 33.1. The fraction of sp³-hybridized carbons (Fsp3) is 0.240. The number of anilines is 3. The number of hydrogen-bond acceptors (Lipinski definition) is 9. The quantitative estimate of drug-likeness (QED) is 0.211. The lowest BCUT2D eigenvalue weighted by molar-refractivity contribution is -0.387. The predicted octanol–water partition coefficient (Wildman–Crippen LogP) is 4.35.